The molecule has 3 fully saturated rings. The third-order valence-corrected chi connectivity index (χ3v) is 4.63. The topological polar surface area (TPSA) is 12.0 Å². The lowest BCUT2D eigenvalue weighted by Crippen LogP contribution is -2.47. The summed E-state index contributed by atoms with van der Waals surface area (Å²) in [6.45, 7) is 1.04. The summed E-state index contributed by atoms with van der Waals surface area (Å²) >= 11 is 0. The molecule has 0 aromatic rings. The first-order chi connectivity index (χ1) is 6.75. The van der Waals surface area contributed by atoms with Crippen molar-refractivity contribution in [2.45, 2.75) is 37.4 Å². The van der Waals surface area contributed by atoms with E-state index < -0.39 is 5.67 Å². The number of terminal acetylenes is 1. The van der Waals surface area contributed by atoms with Gasteiger partial charge in [-0.3, -0.25) is 0 Å². The third-order valence-electron chi connectivity index (χ3n) is 4.63. The van der Waals surface area contributed by atoms with Crippen molar-refractivity contribution in [2.75, 3.05) is 6.54 Å². The minimum Gasteiger partial charge on any atom is -0.310 e. The van der Waals surface area contributed by atoms with E-state index in [1.54, 1.807) is 0 Å². The quantitative estimate of drug-likeness (QED) is 0.659. The van der Waals surface area contributed by atoms with Crippen LogP contribution < -0.4 is 5.32 Å². The molecule has 1 heterocycles. The molecule has 0 spiro atoms. The predicted molar refractivity (Wildman–Crippen MR) is 53.4 cm³/mol. The van der Waals surface area contributed by atoms with E-state index in [9.17, 15) is 4.39 Å². The molecular weight excluding hydrogens is 177 g/mol. The standard InChI is InChI=1S/C12H16FN/c1-2-3-4-12(13)9-5-8-7-14-11(12)10(8)6-9/h1,8-11,14H,3-7H2. The Morgan fingerprint density at radius 3 is 3.14 bits per heavy atom. The molecule has 1 N–H and O–H groups in total. The minimum absolute atomic E-state index is 0.125. The number of hydrogen-bond acceptors (Lipinski definition) is 1. The Morgan fingerprint density at radius 2 is 2.36 bits per heavy atom. The zero-order valence-corrected chi connectivity index (χ0v) is 8.30. The van der Waals surface area contributed by atoms with Gasteiger partial charge in [-0.25, -0.2) is 4.39 Å². The van der Waals surface area contributed by atoms with Crippen LogP contribution in [-0.2, 0) is 0 Å². The van der Waals surface area contributed by atoms with Gasteiger partial charge in [-0.1, -0.05) is 0 Å². The van der Waals surface area contributed by atoms with Crippen LogP contribution in [0.4, 0.5) is 4.39 Å². The first-order valence-electron chi connectivity index (χ1n) is 5.61. The maximum absolute atomic E-state index is 14.7. The van der Waals surface area contributed by atoms with Gasteiger partial charge in [-0.05, 0) is 43.6 Å². The first kappa shape index (κ1) is 8.73. The average molecular weight is 193 g/mol. The lowest BCUT2D eigenvalue weighted by atomic mass is 9.77. The molecule has 1 nitrogen and oxygen atoms in total. The monoisotopic (exact) mass is 193 g/mol. The number of nitrogens with one attached hydrogen (secondary N) is 1. The van der Waals surface area contributed by atoms with E-state index in [0.29, 0.717) is 24.7 Å². The third kappa shape index (κ3) is 0.892. The van der Waals surface area contributed by atoms with Gasteiger partial charge in [0.25, 0.3) is 0 Å². The van der Waals surface area contributed by atoms with Crippen LogP contribution in [0.2, 0.25) is 0 Å². The summed E-state index contributed by atoms with van der Waals surface area (Å²) in [6, 6.07) is 0.125. The summed E-state index contributed by atoms with van der Waals surface area (Å²) in [5, 5.41) is 3.37. The average Bonchev–Trinajstić information content (AvgIpc) is 2.75. The molecule has 1 saturated heterocycles. The zero-order valence-electron chi connectivity index (χ0n) is 8.30. The number of hydrogen-bond donors (Lipinski definition) is 1. The lowest BCUT2D eigenvalue weighted by molar-refractivity contribution is 0.0532. The van der Waals surface area contributed by atoms with Crippen molar-refractivity contribution in [3.8, 4) is 12.3 Å². The molecule has 2 aliphatic carbocycles. The summed E-state index contributed by atoms with van der Waals surface area (Å²) < 4.78 is 14.7. The maximum Gasteiger partial charge on any atom is 0.130 e. The van der Waals surface area contributed by atoms with Gasteiger partial charge in [0.1, 0.15) is 5.67 Å². The second-order valence-corrected chi connectivity index (χ2v) is 5.11. The molecule has 1 aliphatic heterocycles. The molecule has 5 atom stereocenters. The molecule has 0 aromatic heterocycles. The van der Waals surface area contributed by atoms with E-state index in [4.69, 9.17) is 6.42 Å². The van der Waals surface area contributed by atoms with Crippen LogP contribution in [0, 0.1) is 30.1 Å². The van der Waals surface area contributed by atoms with Crippen LogP contribution >= 0.6 is 0 Å². The molecule has 5 unspecified atom stereocenters. The molecule has 2 bridgehead atoms. The van der Waals surface area contributed by atoms with Gasteiger partial charge in [0, 0.05) is 12.5 Å². The van der Waals surface area contributed by atoms with E-state index >= 15 is 0 Å². The van der Waals surface area contributed by atoms with Gasteiger partial charge in [0.15, 0.2) is 0 Å². The fourth-order valence-electron chi connectivity index (χ4n) is 4.02. The van der Waals surface area contributed by atoms with Crippen molar-refractivity contribution in [2.24, 2.45) is 17.8 Å². The number of fused-ring (bicyclic) bond motifs is 1. The number of halogens is 1. The highest BCUT2D eigenvalue weighted by atomic mass is 19.1. The Morgan fingerprint density at radius 1 is 1.50 bits per heavy atom. The molecule has 3 aliphatic rings. The zero-order chi connectivity index (χ0) is 9.76. The van der Waals surface area contributed by atoms with Gasteiger partial charge < -0.3 is 5.32 Å². The highest BCUT2D eigenvalue weighted by Crippen LogP contribution is 2.59. The Hall–Kier alpha value is -0.550. The van der Waals surface area contributed by atoms with Crippen molar-refractivity contribution in [3.63, 3.8) is 0 Å². The van der Waals surface area contributed by atoms with Crippen molar-refractivity contribution < 1.29 is 4.39 Å². The summed E-state index contributed by atoms with van der Waals surface area (Å²) in [5.41, 5.74) is -0.982. The van der Waals surface area contributed by atoms with Crippen LogP contribution in [0.15, 0.2) is 0 Å². The maximum atomic E-state index is 14.7. The summed E-state index contributed by atoms with van der Waals surface area (Å²) in [5.74, 6) is 4.24. The molecule has 2 heteroatoms. The fraction of sp³-hybridized carbons (Fsp3) is 0.833. The normalized spacial score (nSPS) is 53.7. The van der Waals surface area contributed by atoms with E-state index in [0.717, 1.165) is 25.3 Å². The second-order valence-electron chi connectivity index (χ2n) is 5.11. The fourth-order valence-corrected chi connectivity index (χ4v) is 4.02. The molecule has 0 radical (unpaired) electrons. The second kappa shape index (κ2) is 2.73. The van der Waals surface area contributed by atoms with Gasteiger partial charge >= 0.3 is 0 Å². The molecule has 76 valence electrons. The number of rotatable bonds is 2. The van der Waals surface area contributed by atoms with E-state index in [-0.39, 0.29) is 6.04 Å². The molecule has 2 saturated carbocycles. The number of alkyl halides is 1. The van der Waals surface area contributed by atoms with Crippen molar-refractivity contribution in [1.29, 1.82) is 0 Å². The summed E-state index contributed by atoms with van der Waals surface area (Å²) in [7, 11) is 0. The van der Waals surface area contributed by atoms with Gasteiger partial charge in [-0.2, -0.15) is 0 Å². The van der Waals surface area contributed by atoms with Crippen LogP contribution in [0.1, 0.15) is 25.7 Å². The van der Waals surface area contributed by atoms with Crippen molar-refractivity contribution in [3.05, 3.63) is 0 Å². The van der Waals surface area contributed by atoms with E-state index in [1.807, 2.05) is 0 Å². The van der Waals surface area contributed by atoms with Crippen LogP contribution in [0.25, 0.3) is 0 Å². The van der Waals surface area contributed by atoms with Crippen LogP contribution in [0.3, 0.4) is 0 Å². The molecule has 0 amide bonds. The Kier molecular flexibility index (Phi) is 1.70. The van der Waals surface area contributed by atoms with Gasteiger partial charge in [-0.15, -0.1) is 12.3 Å². The molecule has 3 rings (SSSR count). The van der Waals surface area contributed by atoms with Crippen molar-refractivity contribution >= 4 is 0 Å². The lowest BCUT2D eigenvalue weighted by Gasteiger charge is -2.34. The van der Waals surface area contributed by atoms with Crippen LogP contribution in [-0.4, -0.2) is 18.3 Å². The smallest absolute Gasteiger partial charge is 0.130 e. The largest absolute Gasteiger partial charge is 0.310 e. The molecule has 14 heavy (non-hydrogen) atoms. The summed E-state index contributed by atoms with van der Waals surface area (Å²) in [4.78, 5) is 0. The first-order valence-corrected chi connectivity index (χ1v) is 5.61. The highest BCUT2D eigenvalue weighted by molar-refractivity contribution is 5.18. The minimum atomic E-state index is -0.982. The Balaban J connectivity index is 1.84. The highest BCUT2D eigenvalue weighted by Gasteiger charge is 2.64. The summed E-state index contributed by atoms with van der Waals surface area (Å²) in [6.07, 6.45) is 8.57. The predicted octanol–water partition coefficient (Wildman–Crippen LogP) is 1.74. The molecule has 0 aromatic carbocycles. The SMILES string of the molecule is C#CCCC1(F)C2CC3CNC1C3C2. The van der Waals surface area contributed by atoms with E-state index in [1.165, 1.54) is 0 Å². The van der Waals surface area contributed by atoms with Crippen molar-refractivity contribution in [1.82, 2.24) is 5.32 Å². The Labute approximate surface area is 84.5 Å². The van der Waals surface area contributed by atoms with Gasteiger partial charge in [0.2, 0.25) is 0 Å². The molecular formula is C12H16FN. The Bertz CT molecular complexity index is 293. The van der Waals surface area contributed by atoms with E-state index in [2.05, 4.69) is 11.2 Å². The van der Waals surface area contributed by atoms with Gasteiger partial charge in [0.05, 0.1) is 0 Å². The van der Waals surface area contributed by atoms with Crippen LogP contribution in [0.5, 0.6) is 0 Å².